The minimum Gasteiger partial charge on any atom is -0.318 e. The summed E-state index contributed by atoms with van der Waals surface area (Å²) in [5, 5.41) is 6.81. The molecule has 1 aromatic carbocycles. The molecular weight excluding hydrogens is 295 g/mol. The molecule has 106 valence electrons. The van der Waals surface area contributed by atoms with Gasteiger partial charge in [0.15, 0.2) is 5.65 Å². The summed E-state index contributed by atoms with van der Waals surface area (Å²) in [5.74, 6) is -1.10. The van der Waals surface area contributed by atoms with Gasteiger partial charge >= 0.3 is 0 Å². The maximum atomic E-state index is 13.7. The molecule has 1 N–H and O–H groups in total. The number of halogens is 2. The molecule has 7 heteroatoms. The van der Waals surface area contributed by atoms with E-state index in [9.17, 15) is 9.18 Å². The normalized spacial score (nSPS) is 10.8. The fourth-order valence-electron chi connectivity index (χ4n) is 1.96. The van der Waals surface area contributed by atoms with Crippen molar-refractivity contribution in [2.75, 3.05) is 5.32 Å². The van der Waals surface area contributed by atoms with E-state index in [-0.39, 0.29) is 16.4 Å². The number of anilines is 1. The summed E-state index contributed by atoms with van der Waals surface area (Å²) in [6.45, 7) is 1.81. The topological polar surface area (TPSA) is 59.3 Å². The molecule has 5 nitrogen and oxygen atoms in total. The molecule has 2 heterocycles. The molecule has 0 aliphatic rings. The van der Waals surface area contributed by atoms with Crippen molar-refractivity contribution in [2.24, 2.45) is 0 Å². The van der Waals surface area contributed by atoms with Gasteiger partial charge in [0.05, 0.1) is 11.9 Å². The predicted molar refractivity (Wildman–Crippen MR) is 77.1 cm³/mol. The zero-order chi connectivity index (χ0) is 15.0. The lowest BCUT2D eigenvalue weighted by Gasteiger charge is -2.07. The van der Waals surface area contributed by atoms with E-state index in [0.717, 1.165) is 11.8 Å². The second kappa shape index (κ2) is 5.14. The SMILES string of the molecule is Cc1cc(C(=O)Nc2ccc(Cl)cc2F)nc2ccnn12. The Kier molecular flexibility index (Phi) is 3.31. The molecule has 0 atom stereocenters. The van der Waals surface area contributed by atoms with Gasteiger partial charge in [0, 0.05) is 16.8 Å². The molecule has 3 aromatic rings. The van der Waals surface area contributed by atoms with Crippen molar-refractivity contribution >= 4 is 28.8 Å². The average Bonchev–Trinajstić information content (AvgIpc) is 2.90. The number of carbonyl (C=O) groups excluding carboxylic acids is 1. The molecule has 0 aliphatic heterocycles. The first-order valence-electron chi connectivity index (χ1n) is 6.12. The van der Waals surface area contributed by atoms with Crippen LogP contribution >= 0.6 is 11.6 Å². The Morgan fingerprint density at radius 2 is 2.14 bits per heavy atom. The first kappa shape index (κ1) is 13.5. The third kappa shape index (κ3) is 2.57. The van der Waals surface area contributed by atoms with Crippen LogP contribution < -0.4 is 5.32 Å². The molecule has 0 spiro atoms. The van der Waals surface area contributed by atoms with E-state index in [1.54, 1.807) is 29.8 Å². The second-order valence-electron chi connectivity index (χ2n) is 4.46. The van der Waals surface area contributed by atoms with Crippen LogP contribution in [0.1, 0.15) is 16.2 Å². The Labute approximate surface area is 124 Å². The summed E-state index contributed by atoms with van der Waals surface area (Å²) in [6.07, 6.45) is 1.59. The van der Waals surface area contributed by atoms with Crippen LogP contribution in [-0.2, 0) is 0 Å². The van der Waals surface area contributed by atoms with Crippen LogP contribution in [0.3, 0.4) is 0 Å². The van der Waals surface area contributed by atoms with Gasteiger partial charge in [0.2, 0.25) is 0 Å². The molecule has 2 aromatic heterocycles. The third-order valence-corrected chi connectivity index (χ3v) is 3.18. The Bertz CT molecular complexity index is 846. The Morgan fingerprint density at radius 1 is 1.33 bits per heavy atom. The maximum absolute atomic E-state index is 13.7. The van der Waals surface area contributed by atoms with Crippen LogP contribution in [0.25, 0.3) is 5.65 Å². The number of carbonyl (C=O) groups is 1. The largest absolute Gasteiger partial charge is 0.318 e. The van der Waals surface area contributed by atoms with Crippen LogP contribution in [0, 0.1) is 12.7 Å². The van der Waals surface area contributed by atoms with E-state index in [1.807, 2.05) is 0 Å². The number of rotatable bonds is 2. The van der Waals surface area contributed by atoms with Crippen LogP contribution in [0.15, 0.2) is 36.5 Å². The zero-order valence-electron chi connectivity index (χ0n) is 11.0. The fourth-order valence-corrected chi connectivity index (χ4v) is 2.12. The zero-order valence-corrected chi connectivity index (χ0v) is 11.7. The van der Waals surface area contributed by atoms with Crippen LogP contribution in [-0.4, -0.2) is 20.5 Å². The lowest BCUT2D eigenvalue weighted by atomic mass is 10.2. The quantitative estimate of drug-likeness (QED) is 0.791. The van der Waals surface area contributed by atoms with Gasteiger partial charge in [-0.1, -0.05) is 11.6 Å². The number of aryl methyl sites for hydroxylation is 1. The van der Waals surface area contributed by atoms with Gasteiger partial charge in [-0.25, -0.2) is 13.9 Å². The number of aromatic nitrogens is 3. The summed E-state index contributed by atoms with van der Waals surface area (Å²) in [6, 6.07) is 7.31. The van der Waals surface area contributed by atoms with Crippen molar-refractivity contribution in [3.63, 3.8) is 0 Å². The minimum atomic E-state index is -0.599. The minimum absolute atomic E-state index is 0.0530. The van der Waals surface area contributed by atoms with Crippen molar-refractivity contribution in [3.8, 4) is 0 Å². The lowest BCUT2D eigenvalue weighted by molar-refractivity contribution is 0.102. The summed E-state index contributed by atoms with van der Waals surface area (Å²) >= 11 is 5.67. The third-order valence-electron chi connectivity index (χ3n) is 2.95. The first-order chi connectivity index (χ1) is 10.0. The molecule has 0 saturated carbocycles. The van der Waals surface area contributed by atoms with Crippen molar-refractivity contribution < 1.29 is 9.18 Å². The molecule has 3 rings (SSSR count). The van der Waals surface area contributed by atoms with Crippen LogP contribution in [0.2, 0.25) is 5.02 Å². The van der Waals surface area contributed by atoms with Gasteiger partial charge in [-0.3, -0.25) is 4.79 Å². The monoisotopic (exact) mass is 304 g/mol. The number of amides is 1. The molecule has 0 unspecified atom stereocenters. The molecule has 0 aliphatic carbocycles. The van der Waals surface area contributed by atoms with Gasteiger partial charge in [0.25, 0.3) is 5.91 Å². The van der Waals surface area contributed by atoms with Crippen LogP contribution in [0.5, 0.6) is 0 Å². The summed E-state index contributed by atoms with van der Waals surface area (Å²) in [5.41, 5.74) is 1.55. The second-order valence-corrected chi connectivity index (χ2v) is 4.90. The number of fused-ring (bicyclic) bond motifs is 1. The van der Waals surface area contributed by atoms with Crippen molar-refractivity contribution in [3.05, 3.63) is 58.8 Å². The summed E-state index contributed by atoms with van der Waals surface area (Å²) in [4.78, 5) is 16.3. The van der Waals surface area contributed by atoms with Crippen LogP contribution in [0.4, 0.5) is 10.1 Å². The summed E-state index contributed by atoms with van der Waals surface area (Å²) in [7, 11) is 0. The molecular formula is C14H10ClFN4O. The van der Waals surface area contributed by atoms with E-state index in [1.165, 1.54) is 12.1 Å². The Balaban J connectivity index is 1.93. The predicted octanol–water partition coefficient (Wildman–Crippen LogP) is 3.08. The van der Waals surface area contributed by atoms with Gasteiger partial charge in [-0.05, 0) is 31.2 Å². The standard InChI is InChI=1S/C14H10ClFN4O/c1-8-6-12(18-13-4-5-17-20(8)13)14(21)19-11-3-2-9(15)7-10(11)16/h2-7H,1H3,(H,19,21). The van der Waals surface area contributed by atoms with Crippen molar-refractivity contribution in [1.82, 2.24) is 14.6 Å². The van der Waals surface area contributed by atoms with Crippen molar-refractivity contribution in [2.45, 2.75) is 6.92 Å². The highest BCUT2D eigenvalue weighted by molar-refractivity contribution is 6.30. The van der Waals surface area contributed by atoms with Gasteiger partial charge < -0.3 is 5.32 Å². The van der Waals surface area contributed by atoms with Crippen molar-refractivity contribution in [1.29, 1.82) is 0 Å². The molecule has 0 radical (unpaired) electrons. The Morgan fingerprint density at radius 3 is 2.90 bits per heavy atom. The number of hydrogen-bond donors (Lipinski definition) is 1. The molecule has 0 fully saturated rings. The van der Waals surface area contributed by atoms with E-state index in [2.05, 4.69) is 15.4 Å². The Hall–Kier alpha value is -2.47. The van der Waals surface area contributed by atoms with E-state index in [0.29, 0.717) is 5.65 Å². The van der Waals surface area contributed by atoms with E-state index >= 15 is 0 Å². The number of nitrogens with one attached hydrogen (secondary N) is 1. The number of hydrogen-bond acceptors (Lipinski definition) is 3. The van der Waals surface area contributed by atoms with Gasteiger partial charge in [-0.15, -0.1) is 0 Å². The number of benzene rings is 1. The smallest absolute Gasteiger partial charge is 0.274 e. The molecule has 0 bridgehead atoms. The van der Waals surface area contributed by atoms with Gasteiger partial charge in [-0.2, -0.15) is 5.10 Å². The lowest BCUT2D eigenvalue weighted by Crippen LogP contribution is -2.16. The molecule has 1 amide bonds. The fraction of sp³-hybridized carbons (Fsp3) is 0.0714. The molecule has 21 heavy (non-hydrogen) atoms. The maximum Gasteiger partial charge on any atom is 0.274 e. The average molecular weight is 305 g/mol. The van der Waals surface area contributed by atoms with E-state index in [4.69, 9.17) is 11.6 Å². The highest BCUT2D eigenvalue weighted by atomic mass is 35.5. The van der Waals surface area contributed by atoms with E-state index < -0.39 is 11.7 Å². The van der Waals surface area contributed by atoms with Gasteiger partial charge in [0.1, 0.15) is 11.5 Å². The highest BCUT2D eigenvalue weighted by Gasteiger charge is 2.13. The first-order valence-corrected chi connectivity index (χ1v) is 6.50. The summed E-state index contributed by atoms with van der Waals surface area (Å²) < 4.78 is 15.3. The number of nitrogens with zero attached hydrogens (tertiary/aromatic N) is 3. The highest BCUT2D eigenvalue weighted by Crippen LogP contribution is 2.19. The molecule has 0 saturated heterocycles.